The van der Waals surface area contributed by atoms with E-state index in [4.69, 9.17) is 43.0 Å². The van der Waals surface area contributed by atoms with Gasteiger partial charge < -0.3 is 63.4 Å². The molecule has 146 heavy (non-hydrogen) atoms. The van der Waals surface area contributed by atoms with E-state index in [-0.39, 0.29) is 0 Å². The van der Waals surface area contributed by atoms with Gasteiger partial charge in [0.1, 0.15) is 46.0 Å². The molecule has 0 amide bonds. The van der Waals surface area contributed by atoms with Crippen molar-refractivity contribution in [2.75, 3.05) is 59.5 Å². The SMILES string of the molecule is CCCOc1cccc(CCC(O)(CC)CC)c1.CCCOc1cccc(CCC(O)(CCC)CCC)c1.CCCOc1cccc(CCC2(O)CCCCC2)c1.CCCOc1cccc(CCC2(O)CCCCC2)c1.CCCOc1cccc(CCCCCCO)c1.CCCOc1cccc(CCc2ccccn2)c1.CCCOc1cccc(CCc2cccnc2)c1.CCCOc1cccc(CCc2cccs2)c1. The Hall–Kier alpha value is -10.0. The summed E-state index contributed by atoms with van der Waals surface area (Å²) in [5, 5.41) is 52.8. The molecule has 2 aliphatic rings. The van der Waals surface area contributed by atoms with Gasteiger partial charge in [-0.1, -0.05) is 263 Å². The number of aromatic nitrogens is 2. The second-order valence-electron chi connectivity index (χ2n) is 39.3. The Morgan fingerprint density at radius 1 is 0.281 bits per heavy atom. The molecule has 0 aliphatic heterocycles. The third-order valence-electron chi connectivity index (χ3n) is 26.2. The molecule has 8 aromatic carbocycles. The summed E-state index contributed by atoms with van der Waals surface area (Å²) in [4.78, 5) is 9.91. The number of nitrogens with zero attached hydrogens (tertiary/aromatic N) is 2. The molecule has 0 unspecified atom stereocenters. The fourth-order valence-corrected chi connectivity index (χ4v) is 18.3. The third-order valence-corrected chi connectivity index (χ3v) is 27.2. The average Bonchev–Trinajstić information content (AvgIpc) is 1.02. The lowest BCUT2D eigenvalue weighted by molar-refractivity contribution is -0.00382. The van der Waals surface area contributed by atoms with E-state index < -0.39 is 22.4 Å². The summed E-state index contributed by atoms with van der Waals surface area (Å²) in [6, 6.07) is 81.0. The minimum absolute atomic E-state index is 0.320. The third kappa shape index (κ3) is 56.4. The number of hydrogen-bond acceptors (Lipinski definition) is 16. The van der Waals surface area contributed by atoms with Gasteiger partial charge in [-0.2, -0.15) is 0 Å². The minimum atomic E-state index is -0.514. The van der Waals surface area contributed by atoms with Gasteiger partial charge in [-0.05, 0) is 389 Å². The van der Waals surface area contributed by atoms with Crippen molar-refractivity contribution in [3.8, 4) is 46.0 Å². The van der Waals surface area contributed by atoms with Crippen LogP contribution < -0.4 is 37.9 Å². The minimum Gasteiger partial charge on any atom is -0.494 e. The summed E-state index contributed by atoms with van der Waals surface area (Å²) >= 11 is 1.83. The van der Waals surface area contributed by atoms with Crippen LogP contribution in [0.25, 0.3) is 0 Å². The summed E-state index contributed by atoms with van der Waals surface area (Å²) in [7, 11) is 0. The Balaban J connectivity index is 0.000000255. The lowest BCUT2D eigenvalue weighted by Crippen LogP contribution is -2.31. The zero-order chi connectivity index (χ0) is 105. The second-order valence-corrected chi connectivity index (χ2v) is 40.4. The highest BCUT2D eigenvalue weighted by molar-refractivity contribution is 7.09. The Bertz CT molecular complexity index is 4840. The van der Waals surface area contributed by atoms with Gasteiger partial charge in [-0.3, -0.25) is 9.97 Å². The van der Waals surface area contributed by atoms with Gasteiger partial charge >= 0.3 is 0 Å². The van der Waals surface area contributed by atoms with Crippen molar-refractivity contribution in [1.82, 2.24) is 9.97 Å². The molecule has 3 heterocycles. The molecule has 3 aromatic heterocycles. The van der Waals surface area contributed by atoms with Gasteiger partial charge in [0, 0.05) is 35.8 Å². The molecular formula is C130H188N2O13S. The normalized spacial score (nSPS) is 12.7. The smallest absolute Gasteiger partial charge is 0.119 e. The Morgan fingerprint density at radius 3 is 0.904 bits per heavy atom. The van der Waals surface area contributed by atoms with Crippen LogP contribution in [0, 0.1) is 0 Å². The Labute approximate surface area is 887 Å². The van der Waals surface area contributed by atoms with E-state index in [1.54, 1.807) is 0 Å². The summed E-state index contributed by atoms with van der Waals surface area (Å²) < 4.78 is 45.1. The topological polar surface area (TPSA) is 201 Å². The first-order valence-corrected chi connectivity index (χ1v) is 57.1. The summed E-state index contributed by atoms with van der Waals surface area (Å²) in [5.41, 5.74) is 10.9. The van der Waals surface area contributed by atoms with Gasteiger partial charge in [0.05, 0.1) is 75.3 Å². The molecule has 2 fully saturated rings. The predicted molar refractivity (Wildman–Crippen MR) is 612 cm³/mol. The van der Waals surface area contributed by atoms with Gasteiger partial charge in [0.15, 0.2) is 0 Å². The van der Waals surface area contributed by atoms with Crippen molar-refractivity contribution >= 4 is 11.3 Å². The highest BCUT2D eigenvalue weighted by Gasteiger charge is 2.31. The molecule has 11 aromatic rings. The van der Waals surface area contributed by atoms with Crippen LogP contribution in [0.3, 0.4) is 0 Å². The van der Waals surface area contributed by atoms with Gasteiger partial charge in [-0.15, -0.1) is 11.3 Å². The van der Waals surface area contributed by atoms with E-state index in [0.29, 0.717) is 6.61 Å². The summed E-state index contributed by atoms with van der Waals surface area (Å²) in [6.45, 7) is 31.8. The van der Waals surface area contributed by atoms with Crippen LogP contribution in [0.15, 0.2) is 261 Å². The van der Waals surface area contributed by atoms with E-state index in [2.05, 4.69) is 230 Å². The van der Waals surface area contributed by atoms with Crippen molar-refractivity contribution < 1.29 is 63.4 Å². The number of unbranched alkanes of at least 4 members (excludes halogenated alkanes) is 3. The number of aliphatic hydroxyl groups is 5. The first-order chi connectivity index (χ1) is 71.2. The van der Waals surface area contributed by atoms with Crippen molar-refractivity contribution in [2.24, 2.45) is 0 Å². The molecule has 16 heteroatoms. The predicted octanol–water partition coefficient (Wildman–Crippen LogP) is 32.1. The number of rotatable bonds is 57. The fraction of sp³-hybridized carbons (Fsp3) is 0.523. The maximum atomic E-state index is 10.7. The van der Waals surface area contributed by atoms with Crippen LogP contribution >= 0.6 is 11.3 Å². The molecule has 0 spiro atoms. The number of aryl methyl sites for hydroxylation is 11. The molecule has 13 rings (SSSR count). The number of benzene rings is 8. The van der Waals surface area contributed by atoms with Crippen LogP contribution in [0.4, 0.5) is 0 Å². The van der Waals surface area contributed by atoms with Crippen molar-refractivity contribution in [2.45, 2.75) is 382 Å². The highest BCUT2D eigenvalue weighted by Crippen LogP contribution is 2.36. The quantitative estimate of drug-likeness (QED) is 0.0225. The number of aliphatic hydroxyl groups excluding tert-OH is 1. The van der Waals surface area contributed by atoms with Crippen LogP contribution in [-0.4, -0.2) is 117 Å². The molecule has 0 bridgehead atoms. The fourth-order valence-electron chi connectivity index (χ4n) is 17.6. The molecule has 0 saturated heterocycles. The first-order valence-electron chi connectivity index (χ1n) is 56.3. The molecular weight excluding hydrogens is 1830 g/mol. The van der Waals surface area contributed by atoms with E-state index in [9.17, 15) is 20.4 Å². The molecule has 2 aliphatic carbocycles. The van der Waals surface area contributed by atoms with Crippen LogP contribution in [0.1, 0.15) is 349 Å². The van der Waals surface area contributed by atoms with Crippen LogP contribution in [-0.2, 0) is 70.6 Å². The number of pyridine rings is 2. The summed E-state index contributed by atoms with van der Waals surface area (Å²) in [5.74, 6) is 7.71. The zero-order valence-corrected chi connectivity index (χ0v) is 92.7. The molecule has 15 nitrogen and oxygen atoms in total. The second kappa shape index (κ2) is 77.3. The van der Waals surface area contributed by atoms with Crippen LogP contribution in [0.2, 0.25) is 0 Å². The largest absolute Gasteiger partial charge is 0.494 e. The zero-order valence-electron chi connectivity index (χ0n) is 91.9. The van der Waals surface area contributed by atoms with E-state index in [1.165, 1.54) is 106 Å². The molecule has 802 valence electrons. The van der Waals surface area contributed by atoms with Crippen molar-refractivity contribution in [3.63, 3.8) is 0 Å². The maximum absolute atomic E-state index is 10.7. The first kappa shape index (κ1) is 125. The van der Waals surface area contributed by atoms with Gasteiger partial charge in [0.25, 0.3) is 0 Å². The van der Waals surface area contributed by atoms with E-state index in [0.717, 1.165) is 329 Å². The lowest BCUT2D eigenvalue weighted by atomic mass is 9.81. The van der Waals surface area contributed by atoms with Crippen molar-refractivity contribution in [1.29, 1.82) is 0 Å². The number of thiophene rings is 1. The molecule has 2 saturated carbocycles. The molecule has 0 atom stereocenters. The average molecular weight is 2020 g/mol. The Morgan fingerprint density at radius 2 is 0.596 bits per heavy atom. The summed E-state index contributed by atoms with van der Waals surface area (Å²) in [6.07, 6.45) is 49.4. The monoisotopic (exact) mass is 2020 g/mol. The lowest BCUT2D eigenvalue weighted by Gasteiger charge is -2.32. The van der Waals surface area contributed by atoms with Crippen LogP contribution in [0.5, 0.6) is 46.0 Å². The van der Waals surface area contributed by atoms with E-state index >= 15 is 0 Å². The van der Waals surface area contributed by atoms with E-state index in [1.807, 2.05) is 135 Å². The van der Waals surface area contributed by atoms with Gasteiger partial charge in [0.2, 0.25) is 0 Å². The highest BCUT2D eigenvalue weighted by atomic mass is 32.1. The van der Waals surface area contributed by atoms with Crippen molar-refractivity contribution in [3.05, 3.63) is 321 Å². The molecule has 0 radical (unpaired) electrons. The number of ether oxygens (including phenoxy) is 8. The standard InChI is InChI=1S/C18H30O2.2C17H26O2.2C16H19NO.C16H26O2.C15H24O2.C15H18OS/c1-4-11-18(19,12-5-2)13-10-16-8-7-9-17(15-16)20-14-6-3;2*1-2-13-19-16-8-6-7-15(14-16)9-12-17(18)10-4-3-5-11-17;1-2-11-18-16-7-3-5-14(12-16)8-9-15-6-4-10-17-13-15;1-2-12-18-16-8-5-6-14(13-16)9-10-15-7-3-4-11-17-15;1-4-12-18-15-9-7-8-14(13-15)10-11-16(17,5-2)6-3;1-2-12-17-15-10-7-9-14(13-15)8-5-3-4-6-11-16;1-2-10-16-14-6-3-5-13(12-14)8-9-15-7-4-11-17-15/h7-9,15,19H,4-6,10-14H2,1-3H3;2*6-8,14,18H,2-5,9-13H2,1H3;3-7,10,12-13H,2,8-9,11H2,1H3;3-8,11,13H,2,9-10,12H2,1H3;7-9,13,17H,4-6,10-12H2,1-3H3;7,9-10,13,16H,2-6,8,11-12H2,1H3;3-7,11-12H,2,8-10H2,1H3. The molecule has 5 N–H and O–H groups in total. The van der Waals surface area contributed by atoms with Gasteiger partial charge in [-0.25, -0.2) is 0 Å². The number of hydrogen-bond donors (Lipinski definition) is 5. The Kier molecular flexibility index (Phi) is 66.0. The maximum Gasteiger partial charge on any atom is 0.119 e.